The SMILES string of the molecule is O=C(Oc1ccc(O)cc1)c1ccc(Br)cc1. The van der Waals surface area contributed by atoms with Crippen molar-refractivity contribution in [2.75, 3.05) is 0 Å². The van der Waals surface area contributed by atoms with E-state index in [-0.39, 0.29) is 5.75 Å². The molecule has 3 nitrogen and oxygen atoms in total. The number of hydrogen-bond donors (Lipinski definition) is 1. The van der Waals surface area contributed by atoms with Crippen LogP contribution in [0, 0.1) is 0 Å². The Hall–Kier alpha value is -1.81. The number of aromatic hydroxyl groups is 1. The molecule has 86 valence electrons. The molecule has 0 saturated carbocycles. The number of hydrogen-bond acceptors (Lipinski definition) is 3. The van der Waals surface area contributed by atoms with E-state index in [9.17, 15) is 4.79 Å². The lowest BCUT2D eigenvalue weighted by atomic mass is 10.2. The predicted octanol–water partition coefficient (Wildman–Crippen LogP) is 3.37. The van der Waals surface area contributed by atoms with Gasteiger partial charge in [-0.15, -0.1) is 0 Å². The van der Waals surface area contributed by atoms with Gasteiger partial charge in [-0.1, -0.05) is 15.9 Å². The Morgan fingerprint density at radius 2 is 1.59 bits per heavy atom. The Labute approximate surface area is 107 Å². The second-order valence-corrected chi connectivity index (χ2v) is 4.31. The average Bonchev–Trinajstić information content (AvgIpc) is 2.33. The molecule has 0 saturated heterocycles. The van der Waals surface area contributed by atoms with Crippen molar-refractivity contribution in [2.24, 2.45) is 0 Å². The predicted molar refractivity (Wildman–Crippen MR) is 67.2 cm³/mol. The highest BCUT2D eigenvalue weighted by molar-refractivity contribution is 9.10. The van der Waals surface area contributed by atoms with E-state index in [1.807, 2.05) is 0 Å². The minimum absolute atomic E-state index is 0.133. The summed E-state index contributed by atoms with van der Waals surface area (Å²) in [6, 6.07) is 12.9. The van der Waals surface area contributed by atoms with Crippen molar-refractivity contribution in [2.45, 2.75) is 0 Å². The van der Waals surface area contributed by atoms with E-state index < -0.39 is 5.97 Å². The fourth-order valence-electron chi connectivity index (χ4n) is 1.27. The molecule has 0 aliphatic carbocycles. The third kappa shape index (κ3) is 3.07. The molecule has 2 rings (SSSR count). The Morgan fingerprint density at radius 3 is 2.18 bits per heavy atom. The van der Waals surface area contributed by atoms with Crippen molar-refractivity contribution in [3.8, 4) is 11.5 Å². The number of phenolic OH excluding ortho intramolecular Hbond substituents is 1. The summed E-state index contributed by atoms with van der Waals surface area (Å²) >= 11 is 3.29. The van der Waals surface area contributed by atoms with Crippen LogP contribution in [-0.4, -0.2) is 11.1 Å². The number of carbonyl (C=O) groups is 1. The average molecular weight is 293 g/mol. The summed E-state index contributed by atoms with van der Waals surface area (Å²) < 4.78 is 6.03. The van der Waals surface area contributed by atoms with Gasteiger partial charge in [0.1, 0.15) is 11.5 Å². The fraction of sp³-hybridized carbons (Fsp3) is 0. The van der Waals surface area contributed by atoms with Crippen molar-refractivity contribution in [1.82, 2.24) is 0 Å². The molecule has 0 amide bonds. The van der Waals surface area contributed by atoms with Crippen LogP contribution in [0.25, 0.3) is 0 Å². The van der Waals surface area contributed by atoms with E-state index in [0.717, 1.165) is 4.47 Å². The van der Waals surface area contributed by atoms with Gasteiger partial charge >= 0.3 is 5.97 Å². The first-order valence-corrected chi connectivity index (χ1v) is 5.71. The van der Waals surface area contributed by atoms with Gasteiger partial charge in [-0.05, 0) is 48.5 Å². The van der Waals surface area contributed by atoms with E-state index in [1.165, 1.54) is 24.3 Å². The maximum absolute atomic E-state index is 11.7. The molecule has 2 aromatic carbocycles. The number of ether oxygens (including phenoxy) is 1. The lowest BCUT2D eigenvalue weighted by Crippen LogP contribution is -2.07. The maximum atomic E-state index is 11.7. The molecule has 0 unspecified atom stereocenters. The van der Waals surface area contributed by atoms with Crippen LogP contribution in [-0.2, 0) is 0 Å². The van der Waals surface area contributed by atoms with Gasteiger partial charge in [-0.25, -0.2) is 4.79 Å². The molecule has 0 aliphatic heterocycles. The minimum atomic E-state index is -0.428. The highest BCUT2D eigenvalue weighted by Crippen LogP contribution is 2.18. The van der Waals surface area contributed by atoms with E-state index in [0.29, 0.717) is 11.3 Å². The van der Waals surface area contributed by atoms with E-state index in [4.69, 9.17) is 9.84 Å². The van der Waals surface area contributed by atoms with Crippen molar-refractivity contribution in [1.29, 1.82) is 0 Å². The van der Waals surface area contributed by atoms with Crippen molar-refractivity contribution >= 4 is 21.9 Å². The number of halogens is 1. The molecule has 0 aromatic heterocycles. The Balaban J connectivity index is 2.11. The van der Waals surface area contributed by atoms with Gasteiger partial charge in [0, 0.05) is 4.47 Å². The molecular weight excluding hydrogens is 284 g/mol. The Morgan fingerprint density at radius 1 is 1.00 bits per heavy atom. The van der Waals surface area contributed by atoms with Crippen LogP contribution >= 0.6 is 15.9 Å². The first-order valence-electron chi connectivity index (χ1n) is 4.92. The topological polar surface area (TPSA) is 46.5 Å². The van der Waals surface area contributed by atoms with Crippen molar-refractivity contribution < 1.29 is 14.6 Å². The van der Waals surface area contributed by atoms with Gasteiger partial charge in [-0.2, -0.15) is 0 Å². The van der Waals surface area contributed by atoms with Crippen LogP contribution in [0.4, 0.5) is 0 Å². The number of carbonyl (C=O) groups excluding carboxylic acids is 1. The van der Waals surface area contributed by atoms with Crippen LogP contribution in [0.1, 0.15) is 10.4 Å². The smallest absolute Gasteiger partial charge is 0.343 e. The molecule has 4 heteroatoms. The molecule has 0 bridgehead atoms. The zero-order chi connectivity index (χ0) is 12.3. The van der Waals surface area contributed by atoms with Gasteiger partial charge in [0.15, 0.2) is 0 Å². The van der Waals surface area contributed by atoms with Gasteiger partial charge in [0.2, 0.25) is 0 Å². The molecule has 0 fully saturated rings. The summed E-state index contributed by atoms with van der Waals surface area (Å²) in [6.07, 6.45) is 0. The molecule has 17 heavy (non-hydrogen) atoms. The van der Waals surface area contributed by atoms with Gasteiger partial charge in [0.05, 0.1) is 5.56 Å². The van der Waals surface area contributed by atoms with E-state index in [1.54, 1.807) is 24.3 Å². The lowest BCUT2D eigenvalue weighted by Gasteiger charge is -2.04. The Bertz CT molecular complexity index is 517. The molecule has 2 aromatic rings. The normalized spacial score (nSPS) is 9.94. The van der Waals surface area contributed by atoms with Crippen LogP contribution in [0.3, 0.4) is 0 Å². The van der Waals surface area contributed by atoms with Crippen LogP contribution in [0.5, 0.6) is 11.5 Å². The molecule has 0 radical (unpaired) electrons. The van der Waals surface area contributed by atoms with Crippen LogP contribution < -0.4 is 4.74 Å². The summed E-state index contributed by atoms with van der Waals surface area (Å²) in [4.78, 5) is 11.7. The second kappa shape index (κ2) is 5.01. The summed E-state index contributed by atoms with van der Waals surface area (Å²) in [5.41, 5.74) is 0.473. The molecule has 0 atom stereocenters. The molecule has 1 N–H and O–H groups in total. The lowest BCUT2D eigenvalue weighted by molar-refractivity contribution is 0.0734. The number of rotatable bonds is 2. The molecule has 0 heterocycles. The number of benzene rings is 2. The first-order chi connectivity index (χ1) is 8.15. The first kappa shape index (κ1) is 11.7. The third-order valence-electron chi connectivity index (χ3n) is 2.13. The fourth-order valence-corrected chi connectivity index (χ4v) is 1.53. The maximum Gasteiger partial charge on any atom is 0.343 e. The highest BCUT2D eigenvalue weighted by Gasteiger charge is 2.07. The second-order valence-electron chi connectivity index (χ2n) is 3.39. The Kier molecular flexibility index (Phi) is 3.44. The quantitative estimate of drug-likeness (QED) is 0.682. The van der Waals surface area contributed by atoms with Crippen molar-refractivity contribution in [3.63, 3.8) is 0 Å². The number of esters is 1. The van der Waals surface area contributed by atoms with E-state index >= 15 is 0 Å². The summed E-state index contributed by atoms with van der Waals surface area (Å²) in [5, 5.41) is 9.09. The standard InChI is InChI=1S/C13H9BrO3/c14-10-3-1-9(2-4-10)13(16)17-12-7-5-11(15)6-8-12/h1-8,15H. The largest absolute Gasteiger partial charge is 0.508 e. The molecule has 0 spiro atoms. The van der Waals surface area contributed by atoms with Gasteiger partial charge in [-0.3, -0.25) is 0 Å². The van der Waals surface area contributed by atoms with E-state index in [2.05, 4.69) is 15.9 Å². The summed E-state index contributed by atoms with van der Waals surface area (Å²) in [7, 11) is 0. The minimum Gasteiger partial charge on any atom is -0.508 e. The highest BCUT2D eigenvalue weighted by atomic mass is 79.9. The van der Waals surface area contributed by atoms with Crippen LogP contribution in [0.2, 0.25) is 0 Å². The third-order valence-corrected chi connectivity index (χ3v) is 2.66. The summed E-state index contributed by atoms with van der Waals surface area (Å²) in [6.45, 7) is 0. The van der Waals surface area contributed by atoms with Crippen molar-refractivity contribution in [3.05, 3.63) is 58.6 Å². The zero-order valence-electron chi connectivity index (χ0n) is 8.76. The molecule has 0 aliphatic rings. The molecular formula is C13H9BrO3. The monoisotopic (exact) mass is 292 g/mol. The van der Waals surface area contributed by atoms with Crippen LogP contribution in [0.15, 0.2) is 53.0 Å². The van der Waals surface area contributed by atoms with Gasteiger partial charge < -0.3 is 9.84 Å². The summed E-state index contributed by atoms with van der Waals surface area (Å²) in [5.74, 6) is 0.104. The zero-order valence-corrected chi connectivity index (χ0v) is 10.3. The number of phenols is 1. The van der Waals surface area contributed by atoms with Gasteiger partial charge in [0.25, 0.3) is 0 Å².